The molecule has 1 saturated carbocycles. The molecule has 3 rings (SSSR count). The van der Waals surface area contributed by atoms with Gasteiger partial charge in [-0.25, -0.2) is 0 Å². The van der Waals surface area contributed by atoms with Crippen LogP contribution < -0.4 is 5.32 Å². The van der Waals surface area contributed by atoms with Gasteiger partial charge in [0, 0.05) is 29.2 Å². The van der Waals surface area contributed by atoms with Crippen LogP contribution in [0.1, 0.15) is 25.7 Å². The number of nitrogens with one attached hydrogen (secondary N) is 1. The molecule has 1 aliphatic rings. The number of pyridine rings is 1. The van der Waals surface area contributed by atoms with E-state index in [0.717, 1.165) is 18.5 Å². The summed E-state index contributed by atoms with van der Waals surface area (Å²) in [7, 11) is 0. The molecule has 0 aliphatic heterocycles. The SMILES string of the molecule is ClC1CCCC(CNc2ccnc3ccccc23)C1. The molecule has 0 bridgehead atoms. The molecule has 2 unspecified atom stereocenters. The number of rotatable bonds is 3. The fourth-order valence-corrected chi connectivity index (χ4v) is 3.32. The second kappa shape index (κ2) is 5.79. The number of para-hydroxylation sites is 1. The van der Waals surface area contributed by atoms with Crippen molar-refractivity contribution < 1.29 is 0 Å². The molecule has 1 aromatic carbocycles. The van der Waals surface area contributed by atoms with E-state index in [2.05, 4.69) is 34.6 Å². The Labute approximate surface area is 119 Å². The Hall–Kier alpha value is -1.28. The van der Waals surface area contributed by atoms with E-state index < -0.39 is 0 Å². The van der Waals surface area contributed by atoms with Gasteiger partial charge in [0.2, 0.25) is 0 Å². The predicted molar refractivity (Wildman–Crippen MR) is 81.8 cm³/mol. The smallest absolute Gasteiger partial charge is 0.0722 e. The van der Waals surface area contributed by atoms with Gasteiger partial charge in [-0.15, -0.1) is 11.6 Å². The zero-order valence-corrected chi connectivity index (χ0v) is 11.7. The molecule has 1 fully saturated rings. The lowest BCUT2D eigenvalue weighted by molar-refractivity contribution is 0.378. The molecule has 0 radical (unpaired) electrons. The van der Waals surface area contributed by atoms with Crippen LogP contribution in [0.2, 0.25) is 0 Å². The van der Waals surface area contributed by atoms with Crippen LogP contribution in [0.3, 0.4) is 0 Å². The fourth-order valence-electron chi connectivity index (χ4n) is 2.92. The summed E-state index contributed by atoms with van der Waals surface area (Å²) in [5, 5.41) is 5.15. The van der Waals surface area contributed by atoms with Crippen LogP contribution in [0.5, 0.6) is 0 Å². The molecule has 19 heavy (non-hydrogen) atoms. The third-order valence-corrected chi connectivity index (χ3v) is 4.35. The van der Waals surface area contributed by atoms with Gasteiger partial charge >= 0.3 is 0 Å². The number of anilines is 1. The van der Waals surface area contributed by atoms with Crippen LogP contribution in [0.4, 0.5) is 5.69 Å². The minimum Gasteiger partial charge on any atom is -0.384 e. The van der Waals surface area contributed by atoms with E-state index in [1.54, 1.807) is 0 Å². The molecule has 2 atom stereocenters. The number of halogens is 1. The Morgan fingerprint density at radius 3 is 3.00 bits per heavy atom. The number of alkyl halides is 1. The summed E-state index contributed by atoms with van der Waals surface area (Å²) >= 11 is 6.25. The van der Waals surface area contributed by atoms with Crippen molar-refractivity contribution in [3.8, 4) is 0 Å². The summed E-state index contributed by atoms with van der Waals surface area (Å²) in [5.41, 5.74) is 2.23. The predicted octanol–water partition coefficient (Wildman–Crippen LogP) is 4.44. The summed E-state index contributed by atoms with van der Waals surface area (Å²) < 4.78 is 0. The van der Waals surface area contributed by atoms with Crippen LogP contribution in [0, 0.1) is 5.92 Å². The van der Waals surface area contributed by atoms with Crippen molar-refractivity contribution in [3.05, 3.63) is 36.5 Å². The first-order valence-corrected chi connectivity index (χ1v) is 7.48. The molecule has 3 heteroatoms. The highest BCUT2D eigenvalue weighted by Crippen LogP contribution is 2.29. The molecule has 0 amide bonds. The minimum absolute atomic E-state index is 0.370. The molecule has 1 aromatic heterocycles. The molecule has 1 N–H and O–H groups in total. The van der Waals surface area contributed by atoms with Crippen LogP contribution in [0.25, 0.3) is 10.9 Å². The van der Waals surface area contributed by atoms with Gasteiger partial charge in [-0.2, -0.15) is 0 Å². The summed E-state index contributed by atoms with van der Waals surface area (Å²) in [4.78, 5) is 4.39. The van der Waals surface area contributed by atoms with Gasteiger partial charge in [0.25, 0.3) is 0 Å². The van der Waals surface area contributed by atoms with E-state index in [1.165, 1.54) is 30.3 Å². The Kier molecular flexibility index (Phi) is 3.88. The number of aromatic nitrogens is 1. The first-order valence-electron chi connectivity index (χ1n) is 7.04. The maximum absolute atomic E-state index is 6.25. The molecule has 100 valence electrons. The summed E-state index contributed by atoms with van der Waals surface area (Å²) in [6, 6.07) is 10.3. The van der Waals surface area contributed by atoms with Crippen LogP contribution >= 0.6 is 11.6 Å². The highest BCUT2D eigenvalue weighted by Gasteiger charge is 2.20. The first kappa shape index (κ1) is 12.7. The second-order valence-corrected chi connectivity index (χ2v) is 6.00. The Balaban J connectivity index is 1.71. The quantitative estimate of drug-likeness (QED) is 0.837. The molecule has 1 heterocycles. The van der Waals surface area contributed by atoms with E-state index in [4.69, 9.17) is 11.6 Å². The van der Waals surface area contributed by atoms with Crippen LogP contribution in [0.15, 0.2) is 36.5 Å². The van der Waals surface area contributed by atoms with E-state index in [9.17, 15) is 0 Å². The monoisotopic (exact) mass is 274 g/mol. The lowest BCUT2D eigenvalue weighted by atomic mass is 9.89. The number of hydrogen-bond acceptors (Lipinski definition) is 2. The van der Waals surface area contributed by atoms with E-state index in [0.29, 0.717) is 11.3 Å². The molecular formula is C16H19ClN2. The molecule has 2 aromatic rings. The van der Waals surface area contributed by atoms with Gasteiger partial charge in [0.1, 0.15) is 0 Å². The average molecular weight is 275 g/mol. The number of nitrogens with zero attached hydrogens (tertiary/aromatic N) is 1. The Morgan fingerprint density at radius 2 is 2.11 bits per heavy atom. The van der Waals surface area contributed by atoms with Gasteiger partial charge in [0.05, 0.1) is 5.52 Å². The van der Waals surface area contributed by atoms with Gasteiger partial charge in [-0.05, 0) is 37.3 Å². The van der Waals surface area contributed by atoms with E-state index in [1.807, 2.05) is 12.3 Å². The minimum atomic E-state index is 0.370. The topological polar surface area (TPSA) is 24.9 Å². The molecule has 2 nitrogen and oxygen atoms in total. The number of hydrogen-bond donors (Lipinski definition) is 1. The number of fused-ring (bicyclic) bond motifs is 1. The van der Waals surface area contributed by atoms with E-state index >= 15 is 0 Å². The van der Waals surface area contributed by atoms with Crippen molar-refractivity contribution in [3.63, 3.8) is 0 Å². The fraction of sp³-hybridized carbons (Fsp3) is 0.438. The maximum Gasteiger partial charge on any atom is 0.0722 e. The summed E-state index contributed by atoms with van der Waals surface area (Å²) in [5.74, 6) is 0.697. The lowest BCUT2D eigenvalue weighted by Crippen LogP contribution is -2.22. The molecule has 1 aliphatic carbocycles. The summed E-state index contributed by atoms with van der Waals surface area (Å²) in [6.07, 6.45) is 6.74. The second-order valence-electron chi connectivity index (χ2n) is 5.39. The van der Waals surface area contributed by atoms with Crippen molar-refractivity contribution in [1.29, 1.82) is 0 Å². The summed E-state index contributed by atoms with van der Waals surface area (Å²) in [6.45, 7) is 1.01. The zero-order valence-electron chi connectivity index (χ0n) is 11.0. The lowest BCUT2D eigenvalue weighted by Gasteiger charge is -2.26. The first-order chi connectivity index (χ1) is 9.33. The van der Waals surface area contributed by atoms with Gasteiger partial charge in [0.15, 0.2) is 0 Å². The molecule has 0 saturated heterocycles. The van der Waals surface area contributed by atoms with E-state index in [-0.39, 0.29) is 0 Å². The Morgan fingerprint density at radius 1 is 1.21 bits per heavy atom. The van der Waals surface area contributed by atoms with Crippen molar-refractivity contribution >= 4 is 28.2 Å². The highest BCUT2D eigenvalue weighted by molar-refractivity contribution is 6.20. The molecular weight excluding hydrogens is 256 g/mol. The van der Waals surface area contributed by atoms with Gasteiger partial charge in [-0.3, -0.25) is 4.98 Å². The standard InChI is InChI=1S/C16H19ClN2/c17-13-5-3-4-12(10-13)11-19-16-8-9-18-15-7-2-1-6-14(15)16/h1-2,6-9,12-13H,3-5,10-11H2,(H,18,19). The van der Waals surface area contributed by atoms with Gasteiger partial charge in [-0.1, -0.05) is 24.6 Å². The largest absolute Gasteiger partial charge is 0.384 e. The van der Waals surface area contributed by atoms with Crippen molar-refractivity contribution in [2.24, 2.45) is 5.92 Å². The normalized spacial score (nSPS) is 23.4. The third-order valence-electron chi connectivity index (χ3n) is 3.95. The molecule has 0 spiro atoms. The van der Waals surface area contributed by atoms with Crippen molar-refractivity contribution in [1.82, 2.24) is 4.98 Å². The average Bonchev–Trinajstić information content (AvgIpc) is 2.45. The van der Waals surface area contributed by atoms with Crippen LogP contribution in [-0.2, 0) is 0 Å². The van der Waals surface area contributed by atoms with Crippen molar-refractivity contribution in [2.45, 2.75) is 31.1 Å². The van der Waals surface area contributed by atoms with Gasteiger partial charge < -0.3 is 5.32 Å². The third kappa shape index (κ3) is 3.01. The van der Waals surface area contributed by atoms with Crippen LogP contribution in [-0.4, -0.2) is 16.9 Å². The van der Waals surface area contributed by atoms with Crippen molar-refractivity contribution in [2.75, 3.05) is 11.9 Å². The Bertz CT molecular complexity index is 550. The maximum atomic E-state index is 6.25. The highest BCUT2D eigenvalue weighted by atomic mass is 35.5. The zero-order chi connectivity index (χ0) is 13.1. The number of benzene rings is 1.